The number of carboxylic acid groups (broad SMARTS) is 1. The quantitative estimate of drug-likeness (QED) is 0.754. The number of hydrogen-bond donors (Lipinski definition) is 1. The van der Waals surface area contributed by atoms with Crippen LogP contribution in [0.4, 0.5) is 13.2 Å². The van der Waals surface area contributed by atoms with E-state index in [0.717, 1.165) is 50.6 Å². The van der Waals surface area contributed by atoms with Gasteiger partial charge in [0, 0.05) is 32.1 Å². The number of likely N-dealkylation sites (tertiary alicyclic amines) is 1. The molecular formula is C22H28F3N3O4. The molecule has 176 valence electrons. The van der Waals surface area contributed by atoms with Gasteiger partial charge < -0.3 is 9.84 Å². The number of benzene rings is 1. The van der Waals surface area contributed by atoms with Crippen molar-refractivity contribution >= 4 is 17.7 Å². The number of carbonyl (C=O) groups excluding carboxylic acids is 1. The average molecular weight is 455 g/mol. The van der Waals surface area contributed by atoms with Gasteiger partial charge in [-0.25, -0.2) is 4.79 Å². The molecule has 2 fully saturated rings. The molecule has 0 unspecified atom stereocenters. The molecule has 2 heterocycles. The van der Waals surface area contributed by atoms with Gasteiger partial charge in [0.15, 0.2) is 0 Å². The molecule has 0 radical (unpaired) electrons. The summed E-state index contributed by atoms with van der Waals surface area (Å²) in [6, 6.07) is 8.29. The predicted octanol–water partition coefficient (Wildman–Crippen LogP) is 3.19. The molecule has 1 saturated heterocycles. The fraction of sp³-hybridized carbons (Fsp3) is 0.591. The number of alkyl halides is 3. The van der Waals surface area contributed by atoms with Crippen LogP contribution >= 0.6 is 0 Å². The highest BCUT2D eigenvalue weighted by Crippen LogP contribution is 2.50. The highest BCUT2D eigenvalue weighted by molar-refractivity contribution is 6.07. The Bertz CT molecular complexity index is 887. The minimum absolute atomic E-state index is 0.242. The normalized spacial score (nSPS) is 27.2. The van der Waals surface area contributed by atoms with Crippen LogP contribution in [0.15, 0.2) is 29.3 Å². The van der Waals surface area contributed by atoms with E-state index in [1.165, 1.54) is 5.56 Å². The molecule has 1 aromatic rings. The number of likely N-dealkylation sites (N-methyl/N-ethyl adjacent to an activating group) is 1. The monoisotopic (exact) mass is 455 g/mol. The minimum Gasteiger partial charge on any atom is -0.497 e. The number of ether oxygens (including phenoxy) is 1. The van der Waals surface area contributed by atoms with Crippen molar-refractivity contribution in [3.8, 4) is 5.75 Å². The Hall–Kier alpha value is -2.62. The number of aliphatic imine (C=N–C) groups is 1. The van der Waals surface area contributed by atoms with Gasteiger partial charge in [0.05, 0.1) is 7.11 Å². The first-order chi connectivity index (χ1) is 15.0. The molecule has 3 aliphatic rings. The maximum atomic E-state index is 13.0. The molecule has 1 spiro atoms. The van der Waals surface area contributed by atoms with Gasteiger partial charge in [-0.15, -0.1) is 0 Å². The van der Waals surface area contributed by atoms with Gasteiger partial charge in [0.25, 0.3) is 5.91 Å². The molecule has 1 amide bonds. The molecule has 1 N–H and O–H groups in total. The zero-order valence-electron chi connectivity index (χ0n) is 18.4. The van der Waals surface area contributed by atoms with E-state index >= 15 is 0 Å². The zero-order chi connectivity index (χ0) is 23.7. The summed E-state index contributed by atoms with van der Waals surface area (Å²) in [5, 5.41) is 7.12. The number of fused-ring (bicyclic) bond motifs is 2. The molecule has 2 aliphatic heterocycles. The molecule has 1 aromatic carbocycles. The number of amidine groups is 1. The van der Waals surface area contributed by atoms with Crippen LogP contribution < -0.4 is 4.74 Å². The lowest BCUT2D eigenvalue weighted by atomic mass is 9.85. The summed E-state index contributed by atoms with van der Waals surface area (Å²) in [6.45, 7) is 7.72. The molecule has 32 heavy (non-hydrogen) atoms. The first-order valence-corrected chi connectivity index (χ1v) is 10.6. The summed E-state index contributed by atoms with van der Waals surface area (Å²) in [5.74, 6) is 0.239. The first kappa shape index (κ1) is 24.0. The lowest BCUT2D eigenvalue weighted by Crippen LogP contribution is -2.46. The van der Waals surface area contributed by atoms with Crippen molar-refractivity contribution in [2.24, 2.45) is 16.8 Å². The number of hydrogen-bond acceptors (Lipinski definition) is 5. The SMILES string of the molecule is CCN1C(=O)[C@]2(CC[C@@H]3CN(Cc4ccc(OC)cc4)C[C@@H]32)N=C1C.O=C(O)C(F)(F)F. The van der Waals surface area contributed by atoms with Crippen LogP contribution in [0.5, 0.6) is 5.75 Å². The van der Waals surface area contributed by atoms with Gasteiger partial charge in [-0.05, 0) is 50.3 Å². The number of amides is 1. The summed E-state index contributed by atoms with van der Waals surface area (Å²) in [4.78, 5) is 31.2. The van der Waals surface area contributed by atoms with E-state index in [-0.39, 0.29) is 5.91 Å². The second-order valence-electron chi connectivity index (χ2n) is 8.38. The fourth-order valence-corrected chi connectivity index (χ4v) is 5.06. The van der Waals surface area contributed by atoms with Gasteiger partial charge in [-0.1, -0.05) is 12.1 Å². The van der Waals surface area contributed by atoms with Gasteiger partial charge in [0.1, 0.15) is 17.1 Å². The Morgan fingerprint density at radius 1 is 1.28 bits per heavy atom. The number of nitrogens with zero attached hydrogens (tertiary/aromatic N) is 3. The van der Waals surface area contributed by atoms with E-state index in [1.54, 1.807) is 7.11 Å². The summed E-state index contributed by atoms with van der Waals surface area (Å²) in [6.07, 6.45) is -3.05. The number of methoxy groups -OCH3 is 1. The van der Waals surface area contributed by atoms with Gasteiger partial charge >= 0.3 is 12.1 Å². The van der Waals surface area contributed by atoms with Crippen molar-refractivity contribution in [3.05, 3.63) is 29.8 Å². The lowest BCUT2D eigenvalue weighted by Gasteiger charge is -2.28. The summed E-state index contributed by atoms with van der Waals surface area (Å²) in [5.41, 5.74) is 0.821. The maximum Gasteiger partial charge on any atom is 0.490 e. The minimum atomic E-state index is -5.08. The van der Waals surface area contributed by atoms with Crippen molar-refractivity contribution in [1.82, 2.24) is 9.80 Å². The van der Waals surface area contributed by atoms with E-state index in [1.807, 2.05) is 30.9 Å². The molecular weight excluding hydrogens is 427 g/mol. The second-order valence-corrected chi connectivity index (χ2v) is 8.38. The third kappa shape index (κ3) is 4.60. The van der Waals surface area contributed by atoms with E-state index in [2.05, 4.69) is 17.0 Å². The molecule has 1 saturated carbocycles. The topological polar surface area (TPSA) is 82.4 Å². The van der Waals surface area contributed by atoms with Crippen molar-refractivity contribution in [3.63, 3.8) is 0 Å². The number of aliphatic carboxylic acids is 1. The molecule has 3 atom stereocenters. The maximum absolute atomic E-state index is 13.0. The Morgan fingerprint density at radius 3 is 2.41 bits per heavy atom. The van der Waals surface area contributed by atoms with Crippen molar-refractivity contribution in [2.45, 2.75) is 44.9 Å². The van der Waals surface area contributed by atoms with E-state index in [0.29, 0.717) is 11.8 Å². The van der Waals surface area contributed by atoms with Crippen LogP contribution in [0, 0.1) is 11.8 Å². The highest BCUT2D eigenvalue weighted by Gasteiger charge is 2.60. The van der Waals surface area contributed by atoms with E-state index in [4.69, 9.17) is 19.6 Å². The second kappa shape index (κ2) is 9.09. The summed E-state index contributed by atoms with van der Waals surface area (Å²) < 4.78 is 37.0. The summed E-state index contributed by atoms with van der Waals surface area (Å²) >= 11 is 0. The third-order valence-corrected chi connectivity index (χ3v) is 6.52. The van der Waals surface area contributed by atoms with Crippen LogP contribution in [-0.2, 0) is 16.1 Å². The van der Waals surface area contributed by atoms with E-state index in [9.17, 15) is 18.0 Å². The van der Waals surface area contributed by atoms with Crippen LogP contribution in [0.1, 0.15) is 32.3 Å². The highest BCUT2D eigenvalue weighted by atomic mass is 19.4. The lowest BCUT2D eigenvalue weighted by molar-refractivity contribution is -0.192. The standard InChI is InChI=1S/C20H27N3O2.C2HF3O2/c1-4-23-14(2)21-20(19(23)24)10-9-16-12-22(13-18(16)20)11-15-5-7-17(25-3)8-6-15;3-2(4,5)1(6)7/h5-8,16,18H,4,9-13H2,1-3H3;(H,6,7)/t16-,18+,20-;/m1./s1. The molecule has 1 aliphatic carbocycles. The van der Waals surface area contributed by atoms with Crippen LogP contribution in [0.3, 0.4) is 0 Å². The Kier molecular flexibility index (Phi) is 6.83. The van der Waals surface area contributed by atoms with Gasteiger partial charge in [0.2, 0.25) is 0 Å². The third-order valence-electron chi connectivity index (χ3n) is 6.52. The van der Waals surface area contributed by atoms with Crippen molar-refractivity contribution in [1.29, 1.82) is 0 Å². The molecule has 4 rings (SSSR count). The number of carbonyl (C=O) groups is 2. The Morgan fingerprint density at radius 2 is 1.91 bits per heavy atom. The van der Waals surface area contributed by atoms with Crippen molar-refractivity contribution < 1.29 is 32.6 Å². The summed E-state index contributed by atoms with van der Waals surface area (Å²) in [7, 11) is 1.69. The Balaban J connectivity index is 0.000000360. The molecule has 10 heteroatoms. The predicted molar refractivity (Wildman–Crippen MR) is 111 cm³/mol. The molecule has 0 aromatic heterocycles. The number of rotatable bonds is 4. The molecule has 0 bridgehead atoms. The number of carboxylic acids is 1. The largest absolute Gasteiger partial charge is 0.497 e. The Labute approximate surface area is 184 Å². The molecule has 7 nitrogen and oxygen atoms in total. The average Bonchev–Trinajstić information content (AvgIpc) is 3.35. The number of halogens is 3. The fourth-order valence-electron chi connectivity index (χ4n) is 5.06. The first-order valence-electron chi connectivity index (χ1n) is 10.6. The van der Waals surface area contributed by atoms with Crippen LogP contribution in [0.2, 0.25) is 0 Å². The van der Waals surface area contributed by atoms with Crippen LogP contribution in [-0.4, -0.2) is 71.1 Å². The zero-order valence-corrected chi connectivity index (χ0v) is 18.4. The smallest absolute Gasteiger partial charge is 0.490 e. The van der Waals surface area contributed by atoms with Crippen molar-refractivity contribution in [2.75, 3.05) is 26.7 Å². The van der Waals surface area contributed by atoms with Crippen LogP contribution in [0.25, 0.3) is 0 Å². The van der Waals surface area contributed by atoms with E-state index < -0.39 is 17.7 Å². The van der Waals surface area contributed by atoms with Gasteiger partial charge in [-0.3, -0.25) is 19.6 Å². The van der Waals surface area contributed by atoms with Gasteiger partial charge in [-0.2, -0.15) is 13.2 Å².